The molecular formula is C27H35FN2O3. The van der Waals surface area contributed by atoms with Crippen LogP contribution >= 0.6 is 0 Å². The lowest BCUT2D eigenvalue weighted by Gasteiger charge is -2.52. The van der Waals surface area contributed by atoms with Crippen LogP contribution in [0.2, 0.25) is 0 Å². The summed E-state index contributed by atoms with van der Waals surface area (Å²) in [4.78, 5) is 17.4. The van der Waals surface area contributed by atoms with E-state index < -0.39 is 0 Å². The van der Waals surface area contributed by atoms with Gasteiger partial charge in [-0.25, -0.2) is 4.39 Å². The fourth-order valence-corrected chi connectivity index (χ4v) is 4.81. The Morgan fingerprint density at radius 2 is 1.70 bits per heavy atom. The van der Waals surface area contributed by atoms with Crippen molar-refractivity contribution in [3.05, 3.63) is 65.5 Å². The van der Waals surface area contributed by atoms with E-state index in [1.54, 1.807) is 0 Å². The van der Waals surface area contributed by atoms with E-state index in [1.165, 1.54) is 12.1 Å². The number of rotatable bonds is 7. The molecule has 0 saturated carbocycles. The summed E-state index contributed by atoms with van der Waals surface area (Å²) in [5, 5.41) is 0. The van der Waals surface area contributed by atoms with Crippen LogP contribution in [0.3, 0.4) is 0 Å². The fraction of sp³-hybridized carbons (Fsp3) is 0.519. The number of hydrogen-bond acceptors (Lipinski definition) is 4. The van der Waals surface area contributed by atoms with Crippen molar-refractivity contribution in [3.8, 4) is 5.75 Å². The Morgan fingerprint density at radius 3 is 2.33 bits per heavy atom. The van der Waals surface area contributed by atoms with E-state index in [9.17, 15) is 9.18 Å². The van der Waals surface area contributed by atoms with Crippen molar-refractivity contribution in [2.24, 2.45) is 5.92 Å². The zero-order valence-corrected chi connectivity index (χ0v) is 19.9. The Kier molecular flexibility index (Phi) is 7.35. The molecule has 2 fully saturated rings. The van der Waals surface area contributed by atoms with Crippen LogP contribution in [-0.4, -0.2) is 60.7 Å². The standard InChI is InChI=1S/C27H35FN2O3/c1-20(2)18-32-24-10-6-22(7-11-24)17-30-25(16-21-4-8-23(28)9-5-21)27(33-19-26(30)31)12-14-29(3)15-13-27/h4-11,20,25H,12-19H2,1-3H3. The second-order valence-electron chi connectivity index (χ2n) is 9.87. The van der Waals surface area contributed by atoms with Crippen LogP contribution in [0.15, 0.2) is 48.5 Å². The van der Waals surface area contributed by atoms with Crippen LogP contribution < -0.4 is 4.74 Å². The molecular weight excluding hydrogens is 419 g/mol. The van der Waals surface area contributed by atoms with Gasteiger partial charge in [-0.2, -0.15) is 0 Å². The van der Waals surface area contributed by atoms with Gasteiger partial charge in [0.15, 0.2) is 0 Å². The summed E-state index contributed by atoms with van der Waals surface area (Å²) < 4.78 is 25.6. The molecule has 2 saturated heterocycles. The second-order valence-corrected chi connectivity index (χ2v) is 9.87. The number of likely N-dealkylation sites (tertiary alicyclic amines) is 1. The van der Waals surface area contributed by atoms with Crippen LogP contribution in [0.25, 0.3) is 0 Å². The van der Waals surface area contributed by atoms with E-state index in [2.05, 4.69) is 25.8 Å². The minimum Gasteiger partial charge on any atom is -0.493 e. The van der Waals surface area contributed by atoms with Crippen LogP contribution in [-0.2, 0) is 22.5 Å². The number of benzene rings is 2. The second kappa shape index (κ2) is 10.2. The first kappa shape index (κ1) is 23.7. The summed E-state index contributed by atoms with van der Waals surface area (Å²) in [7, 11) is 2.12. The highest BCUT2D eigenvalue weighted by Gasteiger charge is 2.49. The third-order valence-corrected chi connectivity index (χ3v) is 6.82. The Labute approximate surface area is 196 Å². The molecule has 2 aliphatic heterocycles. The SMILES string of the molecule is CC(C)COc1ccc(CN2C(=O)COC3(CCN(C)CC3)C2Cc2ccc(F)cc2)cc1. The maximum atomic E-state index is 13.5. The minimum absolute atomic E-state index is 0.00630. The molecule has 2 aromatic rings. The van der Waals surface area contributed by atoms with Crippen LogP contribution in [0.1, 0.15) is 37.8 Å². The molecule has 2 aliphatic rings. The number of amides is 1. The third kappa shape index (κ3) is 5.74. The molecule has 0 aliphatic carbocycles. The van der Waals surface area contributed by atoms with E-state index in [-0.39, 0.29) is 30.0 Å². The maximum absolute atomic E-state index is 13.5. The maximum Gasteiger partial charge on any atom is 0.249 e. The van der Waals surface area contributed by atoms with Crippen LogP contribution in [0, 0.1) is 11.7 Å². The quantitative estimate of drug-likeness (QED) is 0.626. The topological polar surface area (TPSA) is 42.0 Å². The summed E-state index contributed by atoms with van der Waals surface area (Å²) in [6.07, 6.45) is 2.40. The summed E-state index contributed by atoms with van der Waals surface area (Å²) in [6, 6.07) is 14.5. The molecule has 0 radical (unpaired) electrons. The molecule has 0 aromatic heterocycles. The first-order chi connectivity index (χ1) is 15.8. The fourth-order valence-electron chi connectivity index (χ4n) is 4.81. The molecule has 1 amide bonds. The lowest BCUT2D eigenvalue weighted by atomic mass is 9.79. The van der Waals surface area contributed by atoms with Crippen molar-refractivity contribution in [2.45, 2.75) is 51.3 Å². The molecule has 33 heavy (non-hydrogen) atoms. The van der Waals surface area contributed by atoms with Crippen molar-refractivity contribution in [3.63, 3.8) is 0 Å². The minimum atomic E-state index is -0.380. The van der Waals surface area contributed by atoms with Gasteiger partial charge in [0.05, 0.1) is 18.2 Å². The highest BCUT2D eigenvalue weighted by atomic mass is 19.1. The molecule has 1 unspecified atom stereocenters. The van der Waals surface area contributed by atoms with E-state index >= 15 is 0 Å². The van der Waals surface area contributed by atoms with Crippen molar-refractivity contribution < 1.29 is 18.7 Å². The third-order valence-electron chi connectivity index (χ3n) is 6.82. The van der Waals surface area contributed by atoms with Gasteiger partial charge in [-0.1, -0.05) is 38.1 Å². The van der Waals surface area contributed by atoms with E-state index in [0.717, 1.165) is 42.8 Å². The Hall–Kier alpha value is -2.44. The van der Waals surface area contributed by atoms with Crippen molar-refractivity contribution in [2.75, 3.05) is 33.4 Å². The number of carbonyl (C=O) groups is 1. The van der Waals surface area contributed by atoms with Gasteiger partial charge in [-0.05, 0) is 67.6 Å². The van der Waals surface area contributed by atoms with E-state index in [0.29, 0.717) is 25.5 Å². The average molecular weight is 455 g/mol. The van der Waals surface area contributed by atoms with Gasteiger partial charge in [0.25, 0.3) is 0 Å². The Morgan fingerprint density at radius 1 is 1.06 bits per heavy atom. The van der Waals surface area contributed by atoms with Crippen molar-refractivity contribution >= 4 is 5.91 Å². The number of piperidine rings is 1. The van der Waals surface area contributed by atoms with Gasteiger partial charge >= 0.3 is 0 Å². The molecule has 1 spiro atoms. The summed E-state index contributed by atoms with van der Waals surface area (Å²) >= 11 is 0. The van der Waals surface area contributed by atoms with Crippen LogP contribution in [0.5, 0.6) is 5.75 Å². The highest BCUT2D eigenvalue weighted by molar-refractivity contribution is 5.79. The summed E-state index contributed by atoms with van der Waals surface area (Å²) in [5.41, 5.74) is 1.70. The monoisotopic (exact) mass is 454 g/mol. The number of morpholine rings is 1. The van der Waals surface area contributed by atoms with Crippen LogP contribution in [0.4, 0.5) is 4.39 Å². The van der Waals surface area contributed by atoms with E-state index in [4.69, 9.17) is 9.47 Å². The molecule has 1 atom stereocenters. The molecule has 0 bridgehead atoms. The smallest absolute Gasteiger partial charge is 0.249 e. The number of hydrogen-bond donors (Lipinski definition) is 0. The number of nitrogens with zero attached hydrogens (tertiary/aromatic N) is 2. The Balaban J connectivity index is 1.57. The molecule has 6 heteroatoms. The lowest BCUT2D eigenvalue weighted by Crippen LogP contribution is -2.65. The molecule has 4 rings (SSSR count). The zero-order valence-electron chi connectivity index (χ0n) is 19.9. The molecule has 0 N–H and O–H groups in total. The Bertz CT molecular complexity index is 921. The summed E-state index contributed by atoms with van der Waals surface area (Å²) in [6.45, 7) is 7.43. The van der Waals surface area contributed by atoms with Gasteiger partial charge < -0.3 is 19.3 Å². The number of ether oxygens (including phenoxy) is 2. The normalized spacial score (nSPS) is 21.1. The van der Waals surface area contributed by atoms with Crippen molar-refractivity contribution in [1.29, 1.82) is 0 Å². The van der Waals surface area contributed by atoms with Gasteiger partial charge in [-0.15, -0.1) is 0 Å². The molecule has 178 valence electrons. The first-order valence-corrected chi connectivity index (χ1v) is 11.9. The van der Waals surface area contributed by atoms with Gasteiger partial charge in [0, 0.05) is 19.6 Å². The van der Waals surface area contributed by atoms with Gasteiger partial charge in [-0.3, -0.25) is 4.79 Å². The summed E-state index contributed by atoms with van der Waals surface area (Å²) in [5.74, 6) is 1.07. The van der Waals surface area contributed by atoms with E-state index in [1.807, 2.05) is 41.3 Å². The number of carbonyl (C=O) groups excluding carboxylic acids is 1. The predicted molar refractivity (Wildman–Crippen MR) is 127 cm³/mol. The molecule has 5 nitrogen and oxygen atoms in total. The average Bonchev–Trinajstić information content (AvgIpc) is 2.81. The largest absolute Gasteiger partial charge is 0.493 e. The first-order valence-electron chi connectivity index (χ1n) is 11.9. The van der Waals surface area contributed by atoms with Gasteiger partial charge in [0.1, 0.15) is 18.2 Å². The molecule has 2 heterocycles. The zero-order chi connectivity index (χ0) is 23.4. The number of halogens is 1. The lowest BCUT2D eigenvalue weighted by molar-refractivity contribution is -0.189. The predicted octanol–water partition coefficient (Wildman–Crippen LogP) is 4.30. The van der Waals surface area contributed by atoms with Gasteiger partial charge in [0.2, 0.25) is 5.91 Å². The van der Waals surface area contributed by atoms with Crippen molar-refractivity contribution in [1.82, 2.24) is 9.80 Å². The molecule has 2 aromatic carbocycles. The highest BCUT2D eigenvalue weighted by Crippen LogP contribution is 2.38.